The minimum atomic E-state index is -1.21. The van der Waals surface area contributed by atoms with Crippen LogP contribution in [0.2, 0.25) is 0 Å². The number of aliphatic imine (C=N–C) groups is 1. The van der Waals surface area contributed by atoms with Crippen LogP contribution in [0.4, 0.5) is 5.82 Å². The predicted octanol–water partition coefficient (Wildman–Crippen LogP) is 6.80. The van der Waals surface area contributed by atoms with Gasteiger partial charge in [0.25, 0.3) is 5.91 Å². The van der Waals surface area contributed by atoms with Crippen molar-refractivity contribution in [3.8, 4) is 0 Å². The molecule has 3 aliphatic rings. The second-order valence-electron chi connectivity index (χ2n) is 15.8. The first-order valence-corrected chi connectivity index (χ1v) is 19.1. The number of carboxylic acid groups (broad SMARTS) is 1. The summed E-state index contributed by atoms with van der Waals surface area (Å²) in [5.41, 5.74) is 3.69. The summed E-state index contributed by atoms with van der Waals surface area (Å²) >= 11 is 0. The van der Waals surface area contributed by atoms with E-state index in [9.17, 15) is 19.2 Å². The fourth-order valence-electron chi connectivity index (χ4n) is 8.40. The number of hydrogen-bond donors (Lipinski definition) is 4. The molecule has 2 saturated carbocycles. The van der Waals surface area contributed by atoms with Crippen LogP contribution in [0, 0.1) is 49.4 Å². The molecule has 4 unspecified atom stereocenters. The Kier molecular flexibility index (Phi) is 17.4. The number of esters is 1. The summed E-state index contributed by atoms with van der Waals surface area (Å²) in [6, 6.07) is 9.18. The number of hydrogen-bond acceptors (Lipinski definition) is 9. The Morgan fingerprint density at radius 3 is 1.91 bits per heavy atom. The number of carbonyl (C=O) groups excluding carboxylic acids is 3. The van der Waals surface area contributed by atoms with E-state index in [0.717, 1.165) is 29.9 Å². The number of nitrogens with one attached hydrogen (secondary N) is 2. The summed E-state index contributed by atoms with van der Waals surface area (Å²) in [5, 5.41) is 22.9. The molecule has 2 heterocycles. The number of carboxylic acids is 1. The quantitative estimate of drug-likeness (QED) is 0.0859. The Morgan fingerprint density at radius 2 is 1.39 bits per heavy atom. The fourth-order valence-corrected chi connectivity index (χ4v) is 8.40. The van der Waals surface area contributed by atoms with E-state index in [-0.39, 0.29) is 60.8 Å². The van der Waals surface area contributed by atoms with E-state index < -0.39 is 31.1 Å². The van der Waals surface area contributed by atoms with Crippen molar-refractivity contribution in [2.75, 3.05) is 18.5 Å². The second kappa shape index (κ2) is 21.0. The Bertz CT molecular complexity index is 1780. The van der Waals surface area contributed by atoms with Crippen LogP contribution in [0.1, 0.15) is 96.5 Å². The number of amides is 2. The summed E-state index contributed by atoms with van der Waals surface area (Å²) < 4.78 is 11.1. The van der Waals surface area contributed by atoms with Crippen molar-refractivity contribution < 1.29 is 63.4 Å². The van der Waals surface area contributed by atoms with E-state index in [2.05, 4.69) is 67.0 Å². The Balaban J connectivity index is 0.000000603. The molecule has 2 aliphatic carbocycles. The number of aliphatic carboxylic acids is 1. The molecule has 0 bridgehead atoms. The van der Waals surface area contributed by atoms with E-state index in [0.29, 0.717) is 46.1 Å². The van der Waals surface area contributed by atoms with Crippen LogP contribution in [-0.4, -0.2) is 65.4 Å². The monoisotopic (exact) mass is 825 g/mol. The molecule has 1 aliphatic heterocycles. The third-order valence-electron chi connectivity index (χ3n) is 10.8. The summed E-state index contributed by atoms with van der Waals surface area (Å²) in [5.74, 6) is 0.196. The molecular formula is C42H57N4O9Zn-. The van der Waals surface area contributed by atoms with Crippen molar-refractivity contribution in [1.29, 1.82) is 0 Å². The zero-order valence-electron chi connectivity index (χ0n) is 34.2. The molecule has 302 valence electrons. The molecule has 1 aromatic carbocycles. The smallest absolute Gasteiger partial charge is 0.342 e. The zero-order chi connectivity index (χ0) is 40.6. The van der Waals surface area contributed by atoms with Gasteiger partial charge in [0.05, 0.1) is 11.8 Å². The Morgan fingerprint density at radius 1 is 0.839 bits per heavy atom. The van der Waals surface area contributed by atoms with E-state index in [1.165, 1.54) is 19.8 Å². The van der Waals surface area contributed by atoms with Gasteiger partial charge in [0.1, 0.15) is 36.6 Å². The Hall–Kier alpha value is -3.97. The average Bonchev–Trinajstić information content (AvgIpc) is 3.57. The molecular weight excluding hydrogens is 770 g/mol. The first-order chi connectivity index (χ1) is 26.0. The molecule has 56 heavy (non-hydrogen) atoms. The first-order valence-electron chi connectivity index (χ1n) is 19.1. The summed E-state index contributed by atoms with van der Waals surface area (Å²) in [7, 11) is 0. The van der Waals surface area contributed by atoms with E-state index in [4.69, 9.17) is 19.8 Å². The SMILES string of the molecule is CC(=O)Nc1[n-]c(C=C2N=C(NC(=O)COCC(=O)O)C(C(=O)OC3C(C)CC(C)CC3C)=C2c2ccccc2)c(C)c1C.CC1CC(C)C(OO)C(C)C1.[Zn]. The number of nitrogens with zero attached hydrogens (tertiary/aromatic N) is 2. The summed E-state index contributed by atoms with van der Waals surface area (Å²) in [6.45, 7) is 16.8. The van der Waals surface area contributed by atoms with Gasteiger partial charge in [-0.1, -0.05) is 77.7 Å². The van der Waals surface area contributed by atoms with Crippen molar-refractivity contribution in [1.82, 2.24) is 10.3 Å². The summed E-state index contributed by atoms with van der Waals surface area (Å²) in [6.07, 6.45) is 5.64. The maximum Gasteiger partial charge on any atom is 0.342 e. The molecule has 2 fully saturated rings. The van der Waals surface area contributed by atoms with E-state index in [1.807, 2.05) is 44.2 Å². The minimum absolute atomic E-state index is 0. The van der Waals surface area contributed by atoms with Crippen molar-refractivity contribution in [2.24, 2.45) is 40.5 Å². The molecule has 0 saturated heterocycles. The van der Waals surface area contributed by atoms with Crippen molar-refractivity contribution in [3.63, 3.8) is 0 Å². The largest absolute Gasteiger partial charge is 0.480 e. The van der Waals surface area contributed by atoms with Gasteiger partial charge in [-0.05, 0) is 110 Å². The molecule has 5 rings (SSSR count). The van der Waals surface area contributed by atoms with Gasteiger partial charge in [0, 0.05) is 25.1 Å². The predicted molar refractivity (Wildman–Crippen MR) is 210 cm³/mol. The van der Waals surface area contributed by atoms with Crippen LogP contribution >= 0.6 is 0 Å². The third-order valence-corrected chi connectivity index (χ3v) is 10.8. The van der Waals surface area contributed by atoms with Crippen LogP contribution in [0.15, 0.2) is 46.6 Å². The van der Waals surface area contributed by atoms with Gasteiger partial charge in [0.2, 0.25) is 0 Å². The third kappa shape index (κ3) is 12.0. The van der Waals surface area contributed by atoms with Crippen molar-refractivity contribution in [2.45, 2.75) is 100 Å². The van der Waals surface area contributed by atoms with Crippen LogP contribution in [-0.2, 0) is 53.0 Å². The van der Waals surface area contributed by atoms with E-state index >= 15 is 0 Å². The maximum atomic E-state index is 14.1. The molecule has 13 nitrogen and oxygen atoms in total. The van der Waals surface area contributed by atoms with Crippen molar-refractivity contribution in [3.05, 3.63) is 64.0 Å². The number of rotatable bonds is 10. The number of aromatic nitrogens is 1. The second-order valence-corrected chi connectivity index (χ2v) is 15.8. The van der Waals surface area contributed by atoms with Gasteiger partial charge in [-0.15, -0.1) is 0 Å². The molecule has 2 amide bonds. The minimum Gasteiger partial charge on any atom is -0.480 e. The van der Waals surface area contributed by atoms with Crippen LogP contribution in [0.3, 0.4) is 0 Å². The normalized spacial score (nSPS) is 26.7. The average molecular weight is 827 g/mol. The van der Waals surface area contributed by atoms with Gasteiger partial charge < -0.3 is 30.2 Å². The van der Waals surface area contributed by atoms with Gasteiger partial charge in [0.15, 0.2) is 0 Å². The van der Waals surface area contributed by atoms with Gasteiger partial charge in [-0.3, -0.25) is 14.8 Å². The number of carbonyl (C=O) groups is 4. The van der Waals surface area contributed by atoms with Crippen molar-refractivity contribution >= 4 is 47.1 Å². The standard InChI is InChI=1S/C33H40N4O7.C9H18O2.Zn/c1-17-12-18(2)30(19(3)13-17)44-33(42)29-28(23-10-8-7-9-11-23)25(36-32(29)37-26(39)15-43-16-27(40)41)14-24-20(4)21(5)31(35-24)34-22(6)38;1-6-4-7(2)9(11-10)8(3)5-6;/h7-11,14,17-19,30H,12-13,15-16H2,1-6H3,(H4,34,35,36,37,38,39,40,41,42);6-10H,4-5H2,1-3H3;/p-1. The van der Waals surface area contributed by atoms with Gasteiger partial charge >= 0.3 is 11.9 Å². The van der Waals surface area contributed by atoms with Crippen LogP contribution in [0.25, 0.3) is 11.6 Å². The zero-order valence-corrected chi connectivity index (χ0v) is 37.1. The topological polar surface area (TPSA) is 187 Å². The number of amidine groups is 1. The molecule has 14 heteroatoms. The van der Waals surface area contributed by atoms with Gasteiger partial charge in [-0.2, -0.15) is 0 Å². The molecule has 4 atom stereocenters. The number of benzene rings is 1. The molecule has 0 spiro atoms. The number of allylic oxidation sites excluding steroid dienone is 1. The number of ether oxygens (including phenoxy) is 2. The number of anilines is 1. The van der Waals surface area contributed by atoms with Crippen LogP contribution in [0.5, 0.6) is 0 Å². The van der Waals surface area contributed by atoms with Crippen LogP contribution < -0.4 is 15.6 Å². The Labute approximate surface area is 342 Å². The fraction of sp³-hybridized carbons (Fsp3) is 0.548. The maximum absolute atomic E-state index is 14.1. The molecule has 4 N–H and O–H groups in total. The molecule has 0 radical (unpaired) electrons. The molecule has 2 aromatic rings. The summed E-state index contributed by atoms with van der Waals surface area (Å²) in [4.78, 5) is 63.3. The molecule has 1 aromatic heterocycles. The van der Waals surface area contributed by atoms with E-state index in [1.54, 1.807) is 6.08 Å². The first kappa shape index (κ1) is 46.4. The van der Waals surface area contributed by atoms with Gasteiger partial charge in [-0.25, -0.2) is 19.5 Å².